The van der Waals surface area contributed by atoms with Gasteiger partial charge in [0.15, 0.2) is 0 Å². The van der Waals surface area contributed by atoms with Gasteiger partial charge in [-0.25, -0.2) is 8.42 Å². The highest BCUT2D eigenvalue weighted by Gasteiger charge is 2.28. The van der Waals surface area contributed by atoms with Crippen molar-refractivity contribution >= 4 is 10.0 Å². The molecule has 1 N–H and O–H groups in total. The Balaban J connectivity index is 2.64. The van der Waals surface area contributed by atoms with Crippen molar-refractivity contribution in [3.8, 4) is 0 Å². The highest BCUT2D eigenvalue weighted by Crippen LogP contribution is 2.18. The number of nitrogens with zero attached hydrogens (tertiary/aromatic N) is 1. The first kappa shape index (κ1) is 14.9. The van der Waals surface area contributed by atoms with E-state index in [9.17, 15) is 8.42 Å². The monoisotopic (exact) mass is 262 g/mol. The van der Waals surface area contributed by atoms with E-state index < -0.39 is 10.0 Å². The van der Waals surface area contributed by atoms with Crippen LogP contribution in [0.4, 0.5) is 0 Å². The number of hydrogen-bond acceptors (Lipinski definition) is 3. The van der Waals surface area contributed by atoms with Gasteiger partial charge in [-0.05, 0) is 45.2 Å². The lowest BCUT2D eigenvalue weighted by Crippen LogP contribution is -2.42. The molecule has 1 unspecified atom stereocenters. The zero-order valence-corrected chi connectivity index (χ0v) is 12.1. The Morgan fingerprint density at radius 2 is 1.88 bits per heavy atom. The van der Waals surface area contributed by atoms with Gasteiger partial charge in [-0.2, -0.15) is 4.31 Å². The second-order valence-corrected chi connectivity index (χ2v) is 6.90. The molecule has 0 aromatic rings. The number of piperidine rings is 1. The largest absolute Gasteiger partial charge is 0.317 e. The number of rotatable bonds is 6. The minimum Gasteiger partial charge on any atom is -0.317 e. The van der Waals surface area contributed by atoms with Crippen LogP contribution in [0, 0.1) is 5.92 Å². The molecule has 0 saturated carbocycles. The summed E-state index contributed by atoms with van der Waals surface area (Å²) in [5, 5.41) is 3.27. The maximum absolute atomic E-state index is 12.3. The molecule has 0 bridgehead atoms. The van der Waals surface area contributed by atoms with Crippen molar-refractivity contribution in [2.24, 2.45) is 5.92 Å². The highest BCUT2D eigenvalue weighted by molar-refractivity contribution is 7.89. The van der Waals surface area contributed by atoms with Crippen molar-refractivity contribution in [3.05, 3.63) is 0 Å². The molecule has 5 heteroatoms. The number of nitrogens with one attached hydrogen (secondary N) is 1. The summed E-state index contributed by atoms with van der Waals surface area (Å²) >= 11 is 0. The first-order chi connectivity index (χ1) is 8.01. The second-order valence-electron chi connectivity index (χ2n) is 4.93. The Morgan fingerprint density at radius 1 is 1.29 bits per heavy atom. The van der Waals surface area contributed by atoms with Gasteiger partial charge >= 0.3 is 0 Å². The fraction of sp³-hybridized carbons (Fsp3) is 1.00. The molecule has 1 rings (SSSR count). The van der Waals surface area contributed by atoms with Gasteiger partial charge in [0.05, 0.1) is 5.75 Å². The predicted octanol–water partition coefficient (Wildman–Crippen LogP) is 1.44. The molecule has 0 radical (unpaired) electrons. The van der Waals surface area contributed by atoms with Gasteiger partial charge in [0.1, 0.15) is 0 Å². The zero-order chi connectivity index (χ0) is 12.9. The van der Waals surface area contributed by atoms with Crippen LogP contribution in [-0.2, 0) is 10.0 Å². The van der Waals surface area contributed by atoms with Crippen LogP contribution in [0.5, 0.6) is 0 Å². The maximum atomic E-state index is 12.3. The fourth-order valence-corrected chi connectivity index (χ4v) is 4.64. The molecule has 17 heavy (non-hydrogen) atoms. The number of sulfonamides is 1. The SMILES string of the molecule is CCC(C)N(CC)S(=O)(=O)CC1CCNCC1. The third-order valence-corrected chi connectivity index (χ3v) is 5.88. The van der Waals surface area contributed by atoms with Crippen molar-refractivity contribution in [1.82, 2.24) is 9.62 Å². The van der Waals surface area contributed by atoms with Gasteiger partial charge < -0.3 is 5.32 Å². The lowest BCUT2D eigenvalue weighted by Gasteiger charge is -2.29. The molecular formula is C12H26N2O2S. The topological polar surface area (TPSA) is 49.4 Å². The number of hydrogen-bond donors (Lipinski definition) is 1. The summed E-state index contributed by atoms with van der Waals surface area (Å²) in [6, 6.07) is 0.117. The van der Waals surface area contributed by atoms with Gasteiger partial charge in [0, 0.05) is 12.6 Å². The summed E-state index contributed by atoms with van der Waals surface area (Å²) in [7, 11) is -3.08. The van der Waals surface area contributed by atoms with E-state index >= 15 is 0 Å². The maximum Gasteiger partial charge on any atom is 0.214 e. The molecule has 1 fully saturated rings. The summed E-state index contributed by atoms with van der Waals surface area (Å²) in [4.78, 5) is 0. The van der Waals surface area contributed by atoms with E-state index in [4.69, 9.17) is 0 Å². The molecule has 1 aliphatic heterocycles. The predicted molar refractivity (Wildman–Crippen MR) is 71.5 cm³/mol. The van der Waals surface area contributed by atoms with E-state index in [-0.39, 0.29) is 6.04 Å². The van der Waals surface area contributed by atoms with Crippen molar-refractivity contribution in [2.75, 3.05) is 25.4 Å². The smallest absolute Gasteiger partial charge is 0.214 e. The van der Waals surface area contributed by atoms with Gasteiger partial charge in [-0.15, -0.1) is 0 Å². The normalized spacial score (nSPS) is 20.7. The molecule has 0 amide bonds. The van der Waals surface area contributed by atoms with Crippen LogP contribution < -0.4 is 5.32 Å². The van der Waals surface area contributed by atoms with Crippen molar-refractivity contribution in [3.63, 3.8) is 0 Å². The average Bonchev–Trinajstić information content (AvgIpc) is 2.29. The molecule has 0 aliphatic carbocycles. The van der Waals surface area contributed by atoms with Crippen molar-refractivity contribution < 1.29 is 8.42 Å². The van der Waals surface area contributed by atoms with E-state index in [2.05, 4.69) is 5.32 Å². The molecular weight excluding hydrogens is 236 g/mol. The second kappa shape index (κ2) is 6.71. The summed E-state index contributed by atoms with van der Waals surface area (Å²) in [6.45, 7) is 8.44. The van der Waals surface area contributed by atoms with E-state index in [1.165, 1.54) is 0 Å². The Hall–Kier alpha value is -0.130. The molecule has 0 aromatic heterocycles. The van der Waals surface area contributed by atoms with E-state index in [1.807, 2.05) is 20.8 Å². The summed E-state index contributed by atoms with van der Waals surface area (Å²) in [5.41, 5.74) is 0. The summed E-state index contributed by atoms with van der Waals surface area (Å²) in [6.07, 6.45) is 2.84. The van der Waals surface area contributed by atoms with Crippen LogP contribution in [0.15, 0.2) is 0 Å². The minimum atomic E-state index is -3.08. The lowest BCUT2D eigenvalue weighted by molar-refractivity contribution is 0.331. The minimum absolute atomic E-state index is 0.117. The van der Waals surface area contributed by atoms with Crippen molar-refractivity contribution in [1.29, 1.82) is 0 Å². The Labute approximate surface area is 106 Å². The molecule has 0 aromatic carbocycles. The Kier molecular flexibility index (Phi) is 5.89. The third kappa shape index (κ3) is 4.23. The van der Waals surface area contributed by atoms with Crippen LogP contribution in [-0.4, -0.2) is 44.2 Å². The van der Waals surface area contributed by atoms with E-state index in [0.717, 1.165) is 32.4 Å². The van der Waals surface area contributed by atoms with Crippen LogP contribution in [0.1, 0.15) is 40.0 Å². The molecule has 1 saturated heterocycles. The van der Waals surface area contributed by atoms with Crippen LogP contribution in [0.2, 0.25) is 0 Å². The first-order valence-electron chi connectivity index (χ1n) is 6.71. The molecule has 102 valence electrons. The fourth-order valence-electron chi connectivity index (χ4n) is 2.43. The molecule has 1 heterocycles. The Morgan fingerprint density at radius 3 is 2.35 bits per heavy atom. The lowest BCUT2D eigenvalue weighted by atomic mass is 10.0. The van der Waals surface area contributed by atoms with E-state index in [1.54, 1.807) is 4.31 Å². The molecule has 1 atom stereocenters. The van der Waals surface area contributed by atoms with Crippen LogP contribution in [0.3, 0.4) is 0 Å². The third-order valence-electron chi connectivity index (χ3n) is 3.66. The first-order valence-corrected chi connectivity index (χ1v) is 8.32. The van der Waals surface area contributed by atoms with Gasteiger partial charge in [-0.1, -0.05) is 13.8 Å². The zero-order valence-electron chi connectivity index (χ0n) is 11.3. The highest BCUT2D eigenvalue weighted by atomic mass is 32.2. The quantitative estimate of drug-likeness (QED) is 0.788. The Bertz CT molecular complexity index is 310. The van der Waals surface area contributed by atoms with Gasteiger partial charge in [0.2, 0.25) is 10.0 Å². The van der Waals surface area contributed by atoms with Crippen LogP contribution in [0.25, 0.3) is 0 Å². The van der Waals surface area contributed by atoms with E-state index in [0.29, 0.717) is 18.2 Å². The van der Waals surface area contributed by atoms with Crippen molar-refractivity contribution in [2.45, 2.75) is 46.1 Å². The van der Waals surface area contributed by atoms with Gasteiger partial charge in [-0.3, -0.25) is 0 Å². The summed E-state index contributed by atoms with van der Waals surface area (Å²) in [5.74, 6) is 0.659. The summed E-state index contributed by atoms with van der Waals surface area (Å²) < 4.78 is 26.3. The van der Waals surface area contributed by atoms with Crippen LogP contribution >= 0.6 is 0 Å². The average molecular weight is 262 g/mol. The molecule has 1 aliphatic rings. The standard InChI is InChI=1S/C12H26N2O2S/c1-4-11(3)14(5-2)17(15,16)10-12-6-8-13-9-7-12/h11-13H,4-10H2,1-3H3. The molecule has 4 nitrogen and oxygen atoms in total. The van der Waals surface area contributed by atoms with Gasteiger partial charge in [0.25, 0.3) is 0 Å². The molecule has 0 spiro atoms.